The zero-order chi connectivity index (χ0) is 34.6. The maximum atomic E-state index is 12.7. The molecule has 0 saturated carbocycles. The van der Waals surface area contributed by atoms with Gasteiger partial charge >= 0.3 is 17.9 Å². The molecule has 48 heavy (non-hydrogen) atoms. The molecule has 3 aromatic rings. The number of benzene rings is 3. The van der Waals surface area contributed by atoms with Crippen LogP contribution in [0.3, 0.4) is 0 Å². The molecule has 0 spiro atoms. The lowest BCUT2D eigenvalue weighted by atomic mass is 10.1. The van der Waals surface area contributed by atoms with Gasteiger partial charge in [0.25, 0.3) is 0 Å². The molecule has 2 atom stereocenters. The topological polar surface area (TPSA) is 97.4 Å². The van der Waals surface area contributed by atoms with Crippen molar-refractivity contribution in [3.63, 3.8) is 0 Å². The Morgan fingerprint density at radius 2 is 1.06 bits per heavy atom. The van der Waals surface area contributed by atoms with Crippen LogP contribution in [-0.2, 0) is 19.1 Å². The second kappa shape index (κ2) is 21.5. The molecule has 0 heterocycles. The van der Waals surface area contributed by atoms with Gasteiger partial charge in [0.05, 0.1) is 18.8 Å². The number of rotatable bonds is 22. The van der Waals surface area contributed by atoms with Crippen LogP contribution in [0.4, 0.5) is 0 Å². The first kappa shape index (κ1) is 38.1. The average molecular weight is 661 g/mol. The van der Waals surface area contributed by atoms with Crippen LogP contribution in [0, 0.1) is 0 Å². The third kappa shape index (κ3) is 13.8. The van der Waals surface area contributed by atoms with Gasteiger partial charge in [-0.3, -0.25) is 0 Å². The van der Waals surface area contributed by atoms with Crippen LogP contribution in [0.5, 0.6) is 17.2 Å². The summed E-state index contributed by atoms with van der Waals surface area (Å²) in [6, 6.07) is 21.5. The quantitative estimate of drug-likeness (QED) is 0.0597. The summed E-state index contributed by atoms with van der Waals surface area (Å²) in [6.45, 7) is 8.11. The summed E-state index contributed by atoms with van der Waals surface area (Å²) in [6.07, 6.45) is 11.6. The zero-order valence-corrected chi connectivity index (χ0v) is 29.0. The van der Waals surface area contributed by atoms with E-state index < -0.39 is 30.1 Å². The Labute approximate surface area is 286 Å². The Morgan fingerprint density at radius 1 is 0.542 bits per heavy atom. The Hall–Kier alpha value is -4.33. The molecule has 0 saturated heterocycles. The van der Waals surface area contributed by atoms with Crippen LogP contribution in [0.2, 0.25) is 0 Å². The van der Waals surface area contributed by atoms with E-state index in [9.17, 15) is 14.4 Å². The summed E-state index contributed by atoms with van der Waals surface area (Å²) < 4.78 is 27.3. The van der Waals surface area contributed by atoms with E-state index in [-0.39, 0.29) is 6.61 Å². The van der Waals surface area contributed by atoms with Crippen molar-refractivity contribution in [2.24, 2.45) is 0 Å². The van der Waals surface area contributed by atoms with E-state index in [1.54, 1.807) is 55.5 Å². The summed E-state index contributed by atoms with van der Waals surface area (Å²) in [5.74, 6) is -0.0251. The van der Waals surface area contributed by atoms with E-state index in [4.69, 9.17) is 23.7 Å². The van der Waals surface area contributed by atoms with Crippen molar-refractivity contribution >= 4 is 17.9 Å². The zero-order valence-electron chi connectivity index (χ0n) is 29.0. The van der Waals surface area contributed by atoms with Gasteiger partial charge in [-0.05, 0) is 86.3 Å². The van der Waals surface area contributed by atoms with Gasteiger partial charge in [0.15, 0.2) is 12.2 Å². The highest BCUT2D eigenvalue weighted by Crippen LogP contribution is 2.26. The molecule has 0 bridgehead atoms. The Morgan fingerprint density at radius 3 is 1.62 bits per heavy atom. The first-order chi connectivity index (χ1) is 23.3. The van der Waals surface area contributed by atoms with E-state index in [1.165, 1.54) is 64.7 Å². The van der Waals surface area contributed by atoms with E-state index in [1.807, 2.05) is 31.2 Å². The van der Waals surface area contributed by atoms with Gasteiger partial charge in [-0.15, -0.1) is 0 Å². The van der Waals surface area contributed by atoms with Gasteiger partial charge in [0, 0.05) is 0 Å². The highest BCUT2D eigenvalue weighted by molar-refractivity contribution is 5.91. The molecule has 0 radical (unpaired) electrons. The minimum atomic E-state index is -1.01. The predicted octanol–water partition coefficient (Wildman–Crippen LogP) is 9.52. The Kier molecular flexibility index (Phi) is 17.1. The van der Waals surface area contributed by atoms with Gasteiger partial charge in [0.2, 0.25) is 0 Å². The second-order valence-corrected chi connectivity index (χ2v) is 12.0. The van der Waals surface area contributed by atoms with Crippen LogP contribution < -0.4 is 14.2 Å². The van der Waals surface area contributed by atoms with Gasteiger partial charge in [-0.2, -0.15) is 0 Å². The summed E-state index contributed by atoms with van der Waals surface area (Å²) in [5, 5.41) is 0. The van der Waals surface area contributed by atoms with Crippen LogP contribution in [0.1, 0.15) is 109 Å². The first-order valence-corrected chi connectivity index (χ1v) is 17.5. The van der Waals surface area contributed by atoms with E-state index >= 15 is 0 Å². The Balaban J connectivity index is 1.38. The predicted molar refractivity (Wildman–Crippen MR) is 188 cm³/mol. The molecule has 0 aliphatic rings. The molecule has 3 aromatic carbocycles. The number of unbranched alkanes of at least 4 members (excludes halogenated alkanes) is 9. The molecule has 0 N–H and O–H groups in total. The van der Waals surface area contributed by atoms with E-state index in [2.05, 4.69) is 6.92 Å². The van der Waals surface area contributed by atoms with Gasteiger partial charge in [-0.25, -0.2) is 14.4 Å². The second-order valence-electron chi connectivity index (χ2n) is 12.0. The largest absolute Gasteiger partial charge is 0.494 e. The molecule has 2 unspecified atom stereocenters. The molecule has 3 rings (SSSR count). The molecule has 0 aliphatic carbocycles. The van der Waals surface area contributed by atoms with Crippen molar-refractivity contribution in [2.75, 3.05) is 13.2 Å². The fourth-order valence-corrected chi connectivity index (χ4v) is 4.96. The van der Waals surface area contributed by atoms with Crippen molar-refractivity contribution in [2.45, 2.75) is 111 Å². The minimum absolute atomic E-state index is 0.275. The minimum Gasteiger partial charge on any atom is -0.494 e. The number of carbonyl (C=O) groups is 3. The average Bonchev–Trinajstić information content (AvgIpc) is 3.10. The van der Waals surface area contributed by atoms with Crippen LogP contribution in [-0.4, -0.2) is 43.3 Å². The summed E-state index contributed by atoms with van der Waals surface area (Å²) in [4.78, 5) is 36.9. The monoisotopic (exact) mass is 660 g/mol. The highest BCUT2D eigenvalue weighted by Gasteiger charge is 2.24. The molecule has 0 aliphatic heterocycles. The highest BCUT2D eigenvalue weighted by atomic mass is 16.6. The lowest BCUT2D eigenvalue weighted by Gasteiger charge is -2.17. The van der Waals surface area contributed by atoms with Crippen LogP contribution in [0.25, 0.3) is 11.1 Å². The first-order valence-electron chi connectivity index (χ1n) is 17.5. The molecule has 0 aromatic heterocycles. The van der Waals surface area contributed by atoms with Crippen molar-refractivity contribution in [1.29, 1.82) is 0 Å². The van der Waals surface area contributed by atoms with Crippen LogP contribution in [0.15, 0.2) is 72.8 Å². The van der Waals surface area contributed by atoms with Gasteiger partial charge in [0.1, 0.15) is 17.2 Å². The maximum Gasteiger partial charge on any atom is 0.347 e. The van der Waals surface area contributed by atoms with Crippen molar-refractivity contribution in [3.8, 4) is 28.4 Å². The number of carbonyl (C=O) groups excluding carboxylic acids is 3. The molecule has 0 fully saturated rings. The summed E-state index contributed by atoms with van der Waals surface area (Å²) >= 11 is 0. The van der Waals surface area contributed by atoms with Crippen molar-refractivity contribution in [3.05, 3.63) is 78.4 Å². The van der Waals surface area contributed by atoms with Gasteiger partial charge in [-0.1, -0.05) is 95.9 Å². The van der Waals surface area contributed by atoms with E-state index in [0.29, 0.717) is 30.1 Å². The van der Waals surface area contributed by atoms with Crippen molar-refractivity contribution in [1.82, 2.24) is 0 Å². The van der Waals surface area contributed by atoms with Crippen LogP contribution >= 0.6 is 0 Å². The number of ether oxygens (including phenoxy) is 5. The third-order valence-corrected chi connectivity index (χ3v) is 7.83. The maximum absolute atomic E-state index is 12.7. The molecular weight excluding hydrogens is 608 g/mol. The Bertz CT molecular complexity index is 1370. The number of esters is 3. The lowest BCUT2D eigenvalue weighted by Crippen LogP contribution is -2.33. The third-order valence-electron chi connectivity index (χ3n) is 7.83. The number of hydrogen-bond acceptors (Lipinski definition) is 8. The fourth-order valence-electron chi connectivity index (χ4n) is 4.96. The van der Waals surface area contributed by atoms with Gasteiger partial charge < -0.3 is 23.7 Å². The normalized spacial score (nSPS) is 12.1. The van der Waals surface area contributed by atoms with E-state index in [0.717, 1.165) is 23.3 Å². The van der Waals surface area contributed by atoms with Crippen molar-refractivity contribution < 1.29 is 38.1 Å². The fraction of sp³-hybridized carbons (Fsp3) is 0.475. The number of hydrogen-bond donors (Lipinski definition) is 0. The smallest absolute Gasteiger partial charge is 0.347 e. The molecule has 8 nitrogen and oxygen atoms in total. The molecular formula is C40H52O8. The molecule has 8 heteroatoms. The summed E-state index contributed by atoms with van der Waals surface area (Å²) in [5.41, 5.74) is 2.28. The SMILES string of the molecule is CCCCCCCCCCCCOc1ccc(C(=O)Oc2ccc(-c3ccc(OC(C)C(=O)OC(C)C(=O)OCCC)cc3)cc2)cc1. The molecule has 0 amide bonds. The standard InChI is InChI=1S/C40H52O8/c1-5-7-8-9-10-11-12-13-14-15-29-44-35-22-20-34(21-23-35)40(43)48-37-26-18-33(19-27-37)32-16-24-36(25-17-32)46-31(4)39(42)47-30(3)38(41)45-28-6-2/h16-27,30-31H,5-15,28-29H2,1-4H3. The lowest BCUT2D eigenvalue weighted by molar-refractivity contribution is -0.170. The summed E-state index contributed by atoms with van der Waals surface area (Å²) in [7, 11) is 0. The molecule has 260 valence electrons.